The highest BCUT2D eigenvalue weighted by Crippen LogP contribution is 2.52. The largest absolute Gasteiger partial charge is 0.492 e. The Morgan fingerprint density at radius 1 is 1.14 bits per heavy atom. The van der Waals surface area contributed by atoms with Gasteiger partial charge in [0, 0.05) is 29.5 Å². The van der Waals surface area contributed by atoms with Crippen LogP contribution in [-0.4, -0.2) is 57.5 Å². The Morgan fingerprint density at radius 2 is 1.89 bits per heavy atom. The molecule has 0 aromatic heterocycles. The minimum Gasteiger partial charge on any atom is -0.492 e. The van der Waals surface area contributed by atoms with Crippen molar-refractivity contribution in [2.75, 3.05) is 27.6 Å². The third-order valence-electron chi connectivity index (χ3n) is 5.35. The van der Waals surface area contributed by atoms with E-state index in [0.29, 0.717) is 39.7 Å². The first-order valence-corrected chi connectivity index (χ1v) is 10.9. The number of hydrogen-bond acceptors (Lipinski definition) is 10. The fourth-order valence-electron chi connectivity index (χ4n) is 3.80. The number of esters is 1. The van der Waals surface area contributed by atoms with Gasteiger partial charge in [-0.05, 0) is 19.1 Å². The minimum absolute atomic E-state index is 0.0223. The second-order valence-electron chi connectivity index (χ2n) is 7.48. The van der Waals surface area contributed by atoms with E-state index in [9.17, 15) is 9.59 Å². The molecule has 0 bridgehead atoms. The van der Waals surface area contributed by atoms with Gasteiger partial charge in [0.1, 0.15) is 6.10 Å². The summed E-state index contributed by atoms with van der Waals surface area (Å²) in [4.78, 5) is 29.9. The van der Waals surface area contributed by atoms with E-state index in [1.807, 2.05) is 6.07 Å². The lowest BCUT2D eigenvalue weighted by Crippen LogP contribution is -2.20. The first-order valence-electron chi connectivity index (χ1n) is 10.9. The molecule has 0 radical (unpaired) electrons. The van der Waals surface area contributed by atoms with E-state index in [4.69, 9.17) is 28.5 Å². The van der Waals surface area contributed by atoms with Gasteiger partial charge in [0.05, 0.1) is 27.0 Å². The predicted octanol–water partition coefficient (Wildman–Crippen LogP) is 2.45. The van der Waals surface area contributed by atoms with Crippen molar-refractivity contribution in [1.82, 2.24) is 5.43 Å². The summed E-state index contributed by atoms with van der Waals surface area (Å²) >= 11 is 0. The summed E-state index contributed by atoms with van der Waals surface area (Å²) in [5, 5.41) is 8.00. The van der Waals surface area contributed by atoms with Gasteiger partial charge in [0.2, 0.25) is 18.3 Å². The summed E-state index contributed by atoms with van der Waals surface area (Å²) in [6.45, 7) is 1.94. The fraction of sp³-hybridized carbons (Fsp3) is 0.333. The predicted molar refractivity (Wildman–Crippen MR) is 124 cm³/mol. The van der Waals surface area contributed by atoms with Crippen molar-refractivity contribution in [3.05, 3.63) is 47.0 Å². The number of rotatable bonds is 9. The Balaban J connectivity index is 1.64. The van der Waals surface area contributed by atoms with Crippen molar-refractivity contribution in [1.29, 1.82) is 0 Å². The number of nitrogens with zero attached hydrogens (tertiary/aromatic N) is 2. The lowest BCUT2D eigenvalue weighted by atomic mass is 9.96. The zero-order valence-corrected chi connectivity index (χ0v) is 19.5. The molecule has 2 heterocycles. The smallest absolute Gasteiger partial charge is 0.356 e. The molecule has 1 atom stereocenters. The number of hydrogen-bond donors (Lipinski definition) is 1. The average Bonchev–Trinajstić information content (AvgIpc) is 3.55. The van der Waals surface area contributed by atoms with Gasteiger partial charge in [-0.3, -0.25) is 4.79 Å². The van der Waals surface area contributed by atoms with Crippen molar-refractivity contribution in [3.8, 4) is 23.0 Å². The topological polar surface area (TPSA) is 126 Å². The van der Waals surface area contributed by atoms with Gasteiger partial charge >= 0.3 is 5.97 Å². The summed E-state index contributed by atoms with van der Waals surface area (Å²) in [5.41, 5.74) is 4.31. The van der Waals surface area contributed by atoms with Crippen LogP contribution >= 0.6 is 0 Å². The highest BCUT2D eigenvalue weighted by molar-refractivity contribution is 6.36. The molecule has 11 nitrogen and oxygen atoms in total. The maximum absolute atomic E-state index is 12.4. The van der Waals surface area contributed by atoms with Gasteiger partial charge in [0.25, 0.3) is 5.91 Å². The number of benzene rings is 2. The molecule has 2 aromatic carbocycles. The zero-order chi connectivity index (χ0) is 24.8. The molecule has 2 aromatic rings. The lowest BCUT2D eigenvalue weighted by molar-refractivity contribution is -0.135. The molecule has 184 valence electrons. The van der Waals surface area contributed by atoms with Crippen molar-refractivity contribution in [2.24, 2.45) is 10.3 Å². The van der Waals surface area contributed by atoms with Crippen LogP contribution in [0.15, 0.2) is 40.6 Å². The van der Waals surface area contributed by atoms with Crippen molar-refractivity contribution in [3.63, 3.8) is 0 Å². The van der Waals surface area contributed by atoms with E-state index < -0.39 is 12.1 Å². The highest BCUT2D eigenvalue weighted by Gasteiger charge is 2.34. The number of amides is 1. The molecule has 4 rings (SSSR count). The van der Waals surface area contributed by atoms with E-state index >= 15 is 0 Å². The molecule has 1 unspecified atom stereocenters. The van der Waals surface area contributed by atoms with Crippen LogP contribution in [0.5, 0.6) is 23.0 Å². The van der Waals surface area contributed by atoms with Gasteiger partial charge < -0.3 is 28.5 Å². The van der Waals surface area contributed by atoms with Gasteiger partial charge in [-0.2, -0.15) is 5.10 Å². The Bertz CT molecular complexity index is 1160. The van der Waals surface area contributed by atoms with Crippen LogP contribution < -0.4 is 24.4 Å². The lowest BCUT2D eigenvalue weighted by Gasteiger charge is -2.19. The van der Waals surface area contributed by atoms with E-state index in [2.05, 4.69) is 15.7 Å². The third kappa shape index (κ3) is 4.98. The van der Waals surface area contributed by atoms with Crippen LogP contribution in [0.1, 0.15) is 34.8 Å². The van der Waals surface area contributed by atoms with Gasteiger partial charge in [-0.1, -0.05) is 23.4 Å². The SMILES string of the molecule is CCOC(=O)C1=NOC(Cc2c(/C=N\NC(=O)c3ccccc3)c3c(c(OC)c2OC)OCO3)C1. The molecular formula is C24H25N3O8. The molecule has 0 fully saturated rings. The van der Waals surface area contributed by atoms with Gasteiger partial charge in [0.15, 0.2) is 17.2 Å². The molecule has 35 heavy (non-hydrogen) atoms. The number of methoxy groups -OCH3 is 2. The molecule has 1 amide bonds. The highest BCUT2D eigenvalue weighted by atomic mass is 16.7. The normalized spacial score (nSPS) is 16.0. The van der Waals surface area contributed by atoms with Crippen molar-refractivity contribution in [2.45, 2.75) is 25.9 Å². The number of oxime groups is 1. The Kier molecular flexibility index (Phi) is 7.34. The standard InChI is InChI=1S/C24H25N3O8/c1-4-32-24(29)18-11-15(35-27-18)10-16-17(12-25-26-23(28)14-8-6-5-7-9-14)20-22(34-13-33-20)21(31-3)19(16)30-2/h5-9,12,15H,4,10-11,13H2,1-3H3,(H,26,28)/b25-12-. The van der Waals surface area contributed by atoms with E-state index in [-0.39, 0.29) is 37.9 Å². The maximum atomic E-state index is 12.4. The van der Waals surface area contributed by atoms with Crippen LogP contribution in [0.25, 0.3) is 0 Å². The van der Waals surface area contributed by atoms with E-state index in [0.717, 1.165) is 0 Å². The Hall–Kier alpha value is -4.28. The van der Waals surface area contributed by atoms with Crippen LogP contribution in [0.4, 0.5) is 0 Å². The van der Waals surface area contributed by atoms with E-state index in [1.165, 1.54) is 20.4 Å². The first kappa shape index (κ1) is 23.9. The van der Waals surface area contributed by atoms with Crippen LogP contribution in [0, 0.1) is 0 Å². The number of hydrazone groups is 1. The molecule has 0 aliphatic carbocycles. The average molecular weight is 483 g/mol. The maximum Gasteiger partial charge on any atom is 0.356 e. The first-order chi connectivity index (χ1) is 17.1. The van der Waals surface area contributed by atoms with Crippen molar-refractivity contribution < 1.29 is 38.1 Å². The summed E-state index contributed by atoms with van der Waals surface area (Å²) in [6, 6.07) is 8.70. The molecule has 1 N–H and O–H groups in total. The number of ether oxygens (including phenoxy) is 5. The molecule has 0 saturated heterocycles. The zero-order valence-electron chi connectivity index (χ0n) is 19.5. The van der Waals surface area contributed by atoms with Crippen LogP contribution in [0.2, 0.25) is 0 Å². The van der Waals surface area contributed by atoms with Crippen LogP contribution in [-0.2, 0) is 20.8 Å². The summed E-state index contributed by atoms with van der Waals surface area (Å²) in [7, 11) is 2.99. The van der Waals surface area contributed by atoms with Crippen LogP contribution in [0.3, 0.4) is 0 Å². The Morgan fingerprint density at radius 3 is 2.60 bits per heavy atom. The molecule has 0 spiro atoms. The van der Waals surface area contributed by atoms with Crippen molar-refractivity contribution >= 4 is 23.8 Å². The van der Waals surface area contributed by atoms with Gasteiger partial charge in [-0.25, -0.2) is 10.2 Å². The number of fused-ring (bicyclic) bond motifs is 1. The number of carbonyl (C=O) groups is 2. The Labute approximate surface area is 201 Å². The molecule has 2 aliphatic heterocycles. The number of nitrogens with one attached hydrogen (secondary N) is 1. The number of carbonyl (C=O) groups excluding carboxylic acids is 2. The summed E-state index contributed by atoms with van der Waals surface area (Å²) in [6.07, 6.45) is 1.50. The second kappa shape index (κ2) is 10.8. The van der Waals surface area contributed by atoms with Gasteiger partial charge in [-0.15, -0.1) is 0 Å². The second-order valence-corrected chi connectivity index (χ2v) is 7.48. The summed E-state index contributed by atoms with van der Waals surface area (Å²) in [5.74, 6) is 0.602. The molecular weight excluding hydrogens is 458 g/mol. The summed E-state index contributed by atoms with van der Waals surface area (Å²) < 4.78 is 27.5. The molecule has 0 saturated carbocycles. The third-order valence-corrected chi connectivity index (χ3v) is 5.35. The monoisotopic (exact) mass is 483 g/mol. The quantitative estimate of drug-likeness (QED) is 0.327. The molecule has 11 heteroatoms. The fourth-order valence-corrected chi connectivity index (χ4v) is 3.80. The minimum atomic E-state index is -0.518. The molecule has 2 aliphatic rings. The van der Waals surface area contributed by atoms with E-state index in [1.54, 1.807) is 31.2 Å².